The molecule has 1 fully saturated rings. The molecule has 168 valence electrons. The topological polar surface area (TPSA) is 49.7 Å². The molecule has 0 radical (unpaired) electrons. The summed E-state index contributed by atoms with van der Waals surface area (Å²) in [5, 5.41) is 0. The molecular weight excluding hydrogens is 400 g/mol. The van der Waals surface area contributed by atoms with Crippen molar-refractivity contribution in [2.75, 3.05) is 39.4 Å². The first kappa shape index (κ1) is 20.9. The molecule has 0 aromatic heterocycles. The smallest absolute Gasteiger partial charge is 0.287 e. The average molecular weight is 433 g/mol. The predicted molar refractivity (Wildman–Crippen MR) is 127 cm³/mol. The second-order valence-corrected chi connectivity index (χ2v) is 8.81. The van der Waals surface area contributed by atoms with Gasteiger partial charge in [-0.2, -0.15) is 0 Å². The zero-order valence-electron chi connectivity index (χ0n) is 18.6. The molecule has 0 N–H and O–H groups in total. The van der Waals surface area contributed by atoms with Crippen LogP contribution in [0, 0.1) is 0 Å². The van der Waals surface area contributed by atoms with Crippen molar-refractivity contribution in [3.05, 3.63) is 71.8 Å². The van der Waals surface area contributed by atoms with Crippen molar-refractivity contribution in [1.29, 1.82) is 0 Å². The van der Waals surface area contributed by atoms with Gasteiger partial charge in [-0.25, -0.2) is 9.98 Å². The van der Waals surface area contributed by atoms with Gasteiger partial charge in [0.05, 0.1) is 12.1 Å². The van der Waals surface area contributed by atoms with E-state index in [0.717, 1.165) is 63.9 Å². The molecule has 5 rings (SSSR count). The van der Waals surface area contributed by atoms with Gasteiger partial charge in [-0.3, -0.25) is 0 Å². The number of benzene rings is 2. The Balaban J connectivity index is 1.12. The van der Waals surface area contributed by atoms with Gasteiger partial charge in [-0.05, 0) is 36.8 Å². The maximum Gasteiger partial charge on any atom is 0.287 e. The zero-order valence-corrected chi connectivity index (χ0v) is 18.6. The van der Waals surface area contributed by atoms with E-state index >= 15 is 0 Å². The Morgan fingerprint density at radius 3 is 1.44 bits per heavy atom. The van der Waals surface area contributed by atoms with Crippen LogP contribution in [0.5, 0.6) is 0 Å². The Kier molecular flexibility index (Phi) is 6.56. The molecule has 6 heteroatoms. The Morgan fingerprint density at radius 2 is 1.03 bits per heavy atom. The summed E-state index contributed by atoms with van der Waals surface area (Å²) in [6.07, 6.45) is 3.95. The number of nitrogens with zero attached hydrogens (tertiary/aromatic N) is 4. The molecule has 3 heterocycles. The molecule has 3 aliphatic rings. The number of rotatable bonds is 4. The third-order valence-electron chi connectivity index (χ3n) is 6.28. The molecule has 6 nitrogen and oxygen atoms in total. The second-order valence-electron chi connectivity index (χ2n) is 8.81. The number of hydrogen-bond donors (Lipinski definition) is 0. The Hall–Kier alpha value is -3.02. The molecule has 2 aromatic rings. The van der Waals surface area contributed by atoms with E-state index in [-0.39, 0.29) is 12.1 Å². The van der Waals surface area contributed by atoms with Crippen LogP contribution in [0.1, 0.15) is 24.0 Å². The fraction of sp³-hybridized carbons (Fsp3) is 0.462. The molecular formula is C26H32N4O2. The van der Waals surface area contributed by atoms with Gasteiger partial charge in [0.2, 0.25) is 0 Å². The minimum Gasteiger partial charge on any atom is -0.463 e. The van der Waals surface area contributed by atoms with Crippen LogP contribution >= 0.6 is 0 Å². The molecule has 0 amide bonds. The van der Waals surface area contributed by atoms with Gasteiger partial charge in [0, 0.05) is 26.2 Å². The molecule has 3 aliphatic heterocycles. The maximum absolute atomic E-state index is 5.98. The van der Waals surface area contributed by atoms with Crippen molar-refractivity contribution in [2.24, 2.45) is 9.98 Å². The molecule has 0 unspecified atom stereocenters. The Labute approximate surface area is 190 Å². The van der Waals surface area contributed by atoms with Crippen LogP contribution in [0.2, 0.25) is 0 Å². The fourth-order valence-electron chi connectivity index (χ4n) is 4.64. The lowest BCUT2D eigenvalue weighted by atomic mass is 10.1. The van der Waals surface area contributed by atoms with Gasteiger partial charge in [-0.15, -0.1) is 0 Å². The minimum absolute atomic E-state index is 0.220. The van der Waals surface area contributed by atoms with Crippen LogP contribution in [0.15, 0.2) is 70.6 Å². The first-order chi connectivity index (χ1) is 15.8. The maximum atomic E-state index is 5.98. The average Bonchev–Trinajstić information content (AvgIpc) is 3.45. The summed E-state index contributed by atoms with van der Waals surface area (Å²) in [6, 6.07) is 23.2. The van der Waals surface area contributed by atoms with Crippen molar-refractivity contribution in [1.82, 2.24) is 9.80 Å². The summed E-state index contributed by atoms with van der Waals surface area (Å²) < 4.78 is 12.0. The van der Waals surface area contributed by atoms with Gasteiger partial charge < -0.3 is 19.3 Å². The summed E-state index contributed by atoms with van der Waals surface area (Å²) in [6.45, 7) is 5.17. The third-order valence-corrected chi connectivity index (χ3v) is 6.28. The van der Waals surface area contributed by atoms with Crippen LogP contribution < -0.4 is 0 Å². The van der Waals surface area contributed by atoms with Crippen molar-refractivity contribution >= 4 is 12.0 Å². The van der Waals surface area contributed by atoms with Crippen LogP contribution in [0.4, 0.5) is 0 Å². The molecule has 1 saturated heterocycles. The van der Waals surface area contributed by atoms with Crippen molar-refractivity contribution in [3.63, 3.8) is 0 Å². The van der Waals surface area contributed by atoms with Crippen molar-refractivity contribution in [3.8, 4) is 0 Å². The number of amidine groups is 2. The van der Waals surface area contributed by atoms with E-state index < -0.39 is 0 Å². The lowest BCUT2D eigenvalue weighted by Crippen LogP contribution is -2.42. The molecule has 0 saturated carbocycles. The van der Waals surface area contributed by atoms with Gasteiger partial charge in [0.15, 0.2) is 0 Å². The molecule has 32 heavy (non-hydrogen) atoms. The van der Waals surface area contributed by atoms with E-state index in [0.29, 0.717) is 13.2 Å². The van der Waals surface area contributed by atoms with E-state index in [1.54, 1.807) is 0 Å². The van der Waals surface area contributed by atoms with Gasteiger partial charge in [-0.1, -0.05) is 60.7 Å². The molecule has 2 atom stereocenters. The van der Waals surface area contributed by atoms with Crippen molar-refractivity contribution in [2.45, 2.75) is 37.8 Å². The summed E-state index contributed by atoms with van der Waals surface area (Å²) in [5.74, 6) is 0. The van der Waals surface area contributed by atoms with E-state index in [4.69, 9.17) is 19.5 Å². The highest BCUT2D eigenvalue weighted by atomic mass is 16.5. The SMILES string of the molecule is c1ccc(C[C@H]2COC(N3CCCN(C4=N[C@@H](Cc5ccccc5)CO4)CCC3)=N2)cc1. The highest BCUT2D eigenvalue weighted by molar-refractivity contribution is 5.76. The highest BCUT2D eigenvalue weighted by Gasteiger charge is 2.28. The largest absolute Gasteiger partial charge is 0.463 e. The van der Waals surface area contributed by atoms with E-state index in [1.165, 1.54) is 11.1 Å². The van der Waals surface area contributed by atoms with Crippen LogP contribution in [-0.2, 0) is 22.3 Å². The van der Waals surface area contributed by atoms with Gasteiger partial charge >= 0.3 is 0 Å². The highest BCUT2D eigenvalue weighted by Crippen LogP contribution is 2.18. The molecule has 0 spiro atoms. The fourth-order valence-corrected chi connectivity index (χ4v) is 4.64. The number of aliphatic imine (C=N–C) groups is 2. The van der Waals surface area contributed by atoms with Crippen LogP contribution in [-0.4, -0.2) is 73.3 Å². The van der Waals surface area contributed by atoms with Crippen LogP contribution in [0.25, 0.3) is 0 Å². The number of hydrogen-bond acceptors (Lipinski definition) is 6. The molecule has 0 aliphatic carbocycles. The monoisotopic (exact) mass is 432 g/mol. The lowest BCUT2D eigenvalue weighted by Gasteiger charge is -2.30. The van der Waals surface area contributed by atoms with E-state index in [2.05, 4.69) is 70.5 Å². The van der Waals surface area contributed by atoms with E-state index in [1.807, 2.05) is 0 Å². The lowest BCUT2D eigenvalue weighted by molar-refractivity contribution is 0.205. The second kappa shape index (κ2) is 10.1. The molecule has 0 bridgehead atoms. The first-order valence-electron chi connectivity index (χ1n) is 11.8. The Morgan fingerprint density at radius 1 is 0.625 bits per heavy atom. The van der Waals surface area contributed by atoms with Crippen LogP contribution in [0.3, 0.4) is 0 Å². The van der Waals surface area contributed by atoms with Gasteiger partial charge in [0.1, 0.15) is 13.2 Å². The molecule has 2 aromatic carbocycles. The Bertz CT molecular complexity index is 846. The van der Waals surface area contributed by atoms with Gasteiger partial charge in [0.25, 0.3) is 12.0 Å². The predicted octanol–water partition coefficient (Wildman–Crippen LogP) is 3.38. The number of ether oxygens (including phenoxy) is 2. The zero-order chi connectivity index (χ0) is 21.6. The standard InChI is InChI=1S/C26H32N4O2/c1-3-9-21(10-4-1)17-23-19-31-25(27-23)29-13-7-15-30(16-8-14-29)26-28-24(20-32-26)18-22-11-5-2-6-12-22/h1-6,9-12,23-24H,7-8,13-20H2/t23-,24-/m0/s1. The quantitative estimate of drug-likeness (QED) is 0.743. The summed E-state index contributed by atoms with van der Waals surface area (Å²) in [7, 11) is 0. The first-order valence-corrected chi connectivity index (χ1v) is 11.8. The third kappa shape index (κ3) is 5.23. The van der Waals surface area contributed by atoms with E-state index in [9.17, 15) is 0 Å². The summed E-state index contributed by atoms with van der Waals surface area (Å²) in [5.41, 5.74) is 2.63. The minimum atomic E-state index is 0.220. The van der Waals surface area contributed by atoms with Crippen molar-refractivity contribution < 1.29 is 9.47 Å². The normalized spacial score (nSPS) is 23.6. The summed E-state index contributed by atoms with van der Waals surface area (Å²) >= 11 is 0. The summed E-state index contributed by atoms with van der Waals surface area (Å²) in [4.78, 5) is 14.4.